The van der Waals surface area contributed by atoms with E-state index in [9.17, 15) is 5.11 Å². The number of aryl methyl sites for hydroxylation is 2. The fourth-order valence-electron chi connectivity index (χ4n) is 1.27. The van der Waals surface area contributed by atoms with Crippen molar-refractivity contribution in [3.8, 4) is 5.75 Å². The van der Waals surface area contributed by atoms with Gasteiger partial charge in [-0.25, -0.2) is 4.98 Å². The van der Waals surface area contributed by atoms with E-state index in [2.05, 4.69) is 9.97 Å². The topological polar surface area (TPSA) is 46.0 Å². The van der Waals surface area contributed by atoms with Crippen molar-refractivity contribution in [2.75, 3.05) is 0 Å². The van der Waals surface area contributed by atoms with Crippen molar-refractivity contribution in [2.45, 2.75) is 23.8 Å². The molecule has 0 bridgehead atoms. The molecule has 0 aliphatic rings. The molecule has 0 radical (unpaired) electrons. The summed E-state index contributed by atoms with van der Waals surface area (Å²) in [5, 5.41) is 10.2. The van der Waals surface area contributed by atoms with Gasteiger partial charge in [-0.05, 0) is 32.0 Å². The fourth-order valence-corrected chi connectivity index (χ4v) is 2.21. The zero-order chi connectivity index (χ0) is 11.5. The molecule has 2 rings (SSSR count). The monoisotopic (exact) mass is 232 g/mol. The van der Waals surface area contributed by atoms with Gasteiger partial charge in [0.25, 0.3) is 0 Å². The minimum Gasteiger partial charge on any atom is -0.508 e. The maximum Gasteiger partial charge on any atom is 0.122 e. The molecule has 3 nitrogen and oxygen atoms in total. The summed E-state index contributed by atoms with van der Waals surface area (Å²) < 4.78 is 0. The number of benzene rings is 1. The van der Waals surface area contributed by atoms with Crippen LogP contribution in [0.25, 0.3) is 0 Å². The molecule has 16 heavy (non-hydrogen) atoms. The van der Waals surface area contributed by atoms with E-state index in [4.69, 9.17) is 0 Å². The van der Waals surface area contributed by atoms with Crippen LogP contribution in [0.15, 0.2) is 40.4 Å². The molecule has 0 aliphatic carbocycles. The molecule has 0 aliphatic heterocycles. The molecule has 0 atom stereocenters. The van der Waals surface area contributed by atoms with Crippen molar-refractivity contribution >= 4 is 11.8 Å². The van der Waals surface area contributed by atoms with Crippen molar-refractivity contribution in [1.82, 2.24) is 9.97 Å². The second-order valence-electron chi connectivity index (χ2n) is 3.50. The number of nitrogens with zero attached hydrogens (tertiary/aromatic N) is 2. The summed E-state index contributed by atoms with van der Waals surface area (Å²) in [5.41, 5.74) is 1.80. The van der Waals surface area contributed by atoms with Crippen molar-refractivity contribution in [3.63, 3.8) is 0 Å². The summed E-state index contributed by atoms with van der Waals surface area (Å²) in [6.45, 7) is 3.84. The smallest absolute Gasteiger partial charge is 0.122 e. The van der Waals surface area contributed by atoms with Crippen LogP contribution in [-0.2, 0) is 0 Å². The van der Waals surface area contributed by atoms with E-state index in [1.54, 1.807) is 18.3 Å². The zero-order valence-electron chi connectivity index (χ0n) is 9.14. The Labute approximate surface area is 98.6 Å². The summed E-state index contributed by atoms with van der Waals surface area (Å²) >= 11 is 1.51. The lowest BCUT2D eigenvalue weighted by molar-refractivity contribution is 0.474. The Kier molecular flexibility index (Phi) is 3.10. The average molecular weight is 232 g/mol. The highest BCUT2D eigenvalue weighted by atomic mass is 32.2. The van der Waals surface area contributed by atoms with E-state index in [1.807, 2.05) is 26.0 Å². The molecule has 2 aromatic rings. The Morgan fingerprint density at radius 2 is 2.06 bits per heavy atom. The Morgan fingerprint density at radius 1 is 1.25 bits per heavy atom. The van der Waals surface area contributed by atoms with Crippen LogP contribution in [0.5, 0.6) is 5.75 Å². The third-order valence-electron chi connectivity index (χ3n) is 2.06. The van der Waals surface area contributed by atoms with E-state index >= 15 is 0 Å². The van der Waals surface area contributed by atoms with E-state index in [0.29, 0.717) is 0 Å². The minimum atomic E-state index is 0.267. The molecule has 82 valence electrons. The SMILES string of the molecule is Cc1cnc(C)c(Sc2cccc(O)c2)n1. The third-order valence-corrected chi connectivity index (χ3v) is 3.13. The van der Waals surface area contributed by atoms with Crippen molar-refractivity contribution in [2.24, 2.45) is 0 Å². The normalized spacial score (nSPS) is 10.4. The molecular formula is C12H12N2OS. The van der Waals surface area contributed by atoms with Gasteiger partial charge < -0.3 is 5.11 Å². The number of hydrogen-bond donors (Lipinski definition) is 1. The Bertz CT molecular complexity index is 514. The van der Waals surface area contributed by atoms with Crippen molar-refractivity contribution in [1.29, 1.82) is 0 Å². The van der Waals surface area contributed by atoms with Crippen LogP contribution in [0.4, 0.5) is 0 Å². The van der Waals surface area contributed by atoms with E-state index < -0.39 is 0 Å². The number of aromatic nitrogens is 2. The second-order valence-corrected chi connectivity index (χ2v) is 4.56. The predicted octanol–water partition coefficient (Wildman–Crippen LogP) is 2.95. The Hall–Kier alpha value is -1.55. The van der Waals surface area contributed by atoms with Gasteiger partial charge in [-0.15, -0.1) is 0 Å². The molecule has 0 saturated carbocycles. The molecule has 0 spiro atoms. The standard InChI is InChI=1S/C12H12N2OS/c1-8-7-13-9(2)12(14-8)16-11-5-3-4-10(15)6-11/h3-7,15H,1-2H3. The number of phenolic OH excluding ortho intramolecular Hbond substituents is 1. The molecule has 0 unspecified atom stereocenters. The van der Waals surface area contributed by atoms with Crippen LogP contribution in [0.1, 0.15) is 11.4 Å². The molecule has 0 amide bonds. The maximum atomic E-state index is 9.37. The van der Waals surface area contributed by atoms with Crippen LogP contribution >= 0.6 is 11.8 Å². The van der Waals surface area contributed by atoms with Gasteiger partial charge in [0.2, 0.25) is 0 Å². The highest BCUT2D eigenvalue weighted by molar-refractivity contribution is 7.99. The van der Waals surface area contributed by atoms with Crippen LogP contribution in [-0.4, -0.2) is 15.1 Å². The number of rotatable bonds is 2. The fraction of sp³-hybridized carbons (Fsp3) is 0.167. The lowest BCUT2D eigenvalue weighted by Gasteiger charge is -2.04. The summed E-state index contributed by atoms with van der Waals surface area (Å²) in [5.74, 6) is 0.267. The van der Waals surface area contributed by atoms with E-state index in [0.717, 1.165) is 21.3 Å². The lowest BCUT2D eigenvalue weighted by atomic mass is 10.3. The first-order valence-corrected chi connectivity index (χ1v) is 5.74. The molecule has 0 fully saturated rings. The summed E-state index contributed by atoms with van der Waals surface area (Å²) in [6, 6.07) is 7.12. The maximum absolute atomic E-state index is 9.37. The average Bonchev–Trinajstić information content (AvgIpc) is 2.24. The largest absolute Gasteiger partial charge is 0.508 e. The van der Waals surface area contributed by atoms with Crippen LogP contribution in [0.2, 0.25) is 0 Å². The zero-order valence-corrected chi connectivity index (χ0v) is 9.95. The lowest BCUT2D eigenvalue weighted by Crippen LogP contribution is -1.92. The van der Waals surface area contributed by atoms with Gasteiger partial charge >= 0.3 is 0 Å². The van der Waals surface area contributed by atoms with Gasteiger partial charge in [0, 0.05) is 11.1 Å². The Morgan fingerprint density at radius 3 is 2.81 bits per heavy atom. The Balaban J connectivity index is 2.30. The van der Waals surface area contributed by atoms with Crippen LogP contribution in [0.3, 0.4) is 0 Å². The summed E-state index contributed by atoms with van der Waals surface area (Å²) in [4.78, 5) is 9.63. The van der Waals surface area contributed by atoms with Gasteiger partial charge in [-0.3, -0.25) is 4.98 Å². The molecular weight excluding hydrogens is 220 g/mol. The molecule has 1 aromatic heterocycles. The minimum absolute atomic E-state index is 0.267. The van der Waals surface area contributed by atoms with Gasteiger partial charge in [0.05, 0.1) is 11.4 Å². The molecule has 0 saturated heterocycles. The first-order valence-electron chi connectivity index (χ1n) is 4.92. The van der Waals surface area contributed by atoms with Crippen LogP contribution < -0.4 is 0 Å². The summed E-state index contributed by atoms with van der Waals surface area (Å²) in [7, 11) is 0. The van der Waals surface area contributed by atoms with E-state index in [-0.39, 0.29) is 5.75 Å². The van der Waals surface area contributed by atoms with Crippen molar-refractivity contribution < 1.29 is 5.11 Å². The second kappa shape index (κ2) is 4.53. The predicted molar refractivity (Wildman–Crippen MR) is 63.7 cm³/mol. The first-order chi connectivity index (χ1) is 7.65. The van der Waals surface area contributed by atoms with E-state index in [1.165, 1.54) is 11.8 Å². The van der Waals surface area contributed by atoms with Gasteiger partial charge in [0.1, 0.15) is 10.8 Å². The molecule has 4 heteroatoms. The van der Waals surface area contributed by atoms with Crippen molar-refractivity contribution in [3.05, 3.63) is 41.9 Å². The highest BCUT2D eigenvalue weighted by Crippen LogP contribution is 2.29. The highest BCUT2D eigenvalue weighted by Gasteiger charge is 2.04. The number of aromatic hydroxyl groups is 1. The summed E-state index contributed by atoms with van der Waals surface area (Å²) in [6.07, 6.45) is 1.75. The van der Waals surface area contributed by atoms with Gasteiger partial charge in [0.15, 0.2) is 0 Å². The molecule has 1 heterocycles. The molecule has 1 N–H and O–H groups in total. The van der Waals surface area contributed by atoms with Gasteiger partial charge in [-0.2, -0.15) is 0 Å². The third kappa shape index (κ3) is 2.52. The molecule has 1 aromatic carbocycles. The quantitative estimate of drug-likeness (QED) is 0.864. The number of hydrogen-bond acceptors (Lipinski definition) is 4. The number of phenols is 1. The first kappa shape index (κ1) is 11.0. The van der Waals surface area contributed by atoms with Crippen LogP contribution in [0, 0.1) is 13.8 Å². The van der Waals surface area contributed by atoms with Gasteiger partial charge in [-0.1, -0.05) is 17.8 Å².